The van der Waals surface area contributed by atoms with Crippen molar-refractivity contribution < 1.29 is 4.79 Å². The van der Waals surface area contributed by atoms with Crippen LogP contribution < -0.4 is 15.5 Å². The molecule has 2 N–H and O–H groups in total. The van der Waals surface area contributed by atoms with E-state index in [9.17, 15) is 4.79 Å². The van der Waals surface area contributed by atoms with E-state index in [1.165, 1.54) is 5.56 Å². The zero-order chi connectivity index (χ0) is 15.9. The molecule has 1 saturated heterocycles. The molecule has 0 atom stereocenters. The van der Waals surface area contributed by atoms with Gasteiger partial charge in [-0.15, -0.1) is 0 Å². The number of nitrogens with zero attached hydrogens (tertiary/aromatic N) is 3. The van der Waals surface area contributed by atoms with Crippen LogP contribution in [0, 0.1) is 0 Å². The SMILES string of the molecule is O=C(NCCc1ccsc1)NC1CCN(c2ncccn2)CC1. The normalized spacial score (nSPS) is 15.4. The first kappa shape index (κ1) is 15.7. The molecule has 3 rings (SSSR count). The van der Waals surface area contributed by atoms with E-state index in [-0.39, 0.29) is 12.1 Å². The second-order valence-corrected chi connectivity index (χ2v) is 6.37. The summed E-state index contributed by atoms with van der Waals surface area (Å²) in [5.41, 5.74) is 1.27. The van der Waals surface area contributed by atoms with Gasteiger partial charge in [-0.25, -0.2) is 14.8 Å². The molecular weight excluding hydrogens is 310 g/mol. The molecule has 1 fully saturated rings. The molecule has 0 aliphatic carbocycles. The number of amides is 2. The molecule has 0 saturated carbocycles. The fraction of sp³-hybridized carbons (Fsp3) is 0.438. The summed E-state index contributed by atoms with van der Waals surface area (Å²) in [6.45, 7) is 2.40. The first-order valence-corrected chi connectivity index (χ1v) is 8.83. The molecule has 0 spiro atoms. The molecule has 122 valence electrons. The molecule has 6 nitrogen and oxygen atoms in total. The summed E-state index contributed by atoms with van der Waals surface area (Å²) in [7, 11) is 0. The Balaban J connectivity index is 1.36. The molecule has 1 aliphatic heterocycles. The minimum absolute atomic E-state index is 0.0744. The van der Waals surface area contributed by atoms with Crippen molar-refractivity contribution in [1.82, 2.24) is 20.6 Å². The Kier molecular flexibility index (Phi) is 5.42. The summed E-state index contributed by atoms with van der Waals surface area (Å²) in [4.78, 5) is 22.6. The molecule has 3 heterocycles. The molecule has 2 aromatic rings. The molecule has 2 aromatic heterocycles. The minimum atomic E-state index is -0.0744. The highest BCUT2D eigenvalue weighted by Gasteiger charge is 2.21. The number of carbonyl (C=O) groups excluding carboxylic acids is 1. The summed E-state index contributed by atoms with van der Waals surface area (Å²) in [6, 6.07) is 4.05. The van der Waals surface area contributed by atoms with Crippen molar-refractivity contribution in [3.05, 3.63) is 40.8 Å². The Morgan fingerprint density at radius 3 is 2.78 bits per heavy atom. The quantitative estimate of drug-likeness (QED) is 0.880. The van der Waals surface area contributed by atoms with Crippen molar-refractivity contribution >= 4 is 23.3 Å². The number of nitrogens with one attached hydrogen (secondary N) is 2. The van der Waals surface area contributed by atoms with E-state index >= 15 is 0 Å². The standard InChI is InChI=1S/C16H21N5OS/c22-16(19-8-2-13-5-11-23-12-13)20-14-3-9-21(10-4-14)15-17-6-1-7-18-15/h1,5-7,11-12,14H,2-4,8-10H2,(H2,19,20,22). The first-order chi connectivity index (χ1) is 11.3. The number of piperidine rings is 1. The fourth-order valence-electron chi connectivity index (χ4n) is 2.67. The molecule has 0 radical (unpaired) electrons. The fourth-order valence-corrected chi connectivity index (χ4v) is 3.37. The number of hydrogen-bond acceptors (Lipinski definition) is 5. The van der Waals surface area contributed by atoms with Crippen molar-refractivity contribution in [2.45, 2.75) is 25.3 Å². The number of thiophene rings is 1. The highest BCUT2D eigenvalue weighted by atomic mass is 32.1. The van der Waals surface area contributed by atoms with E-state index in [4.69, 9.17) is 0 Å². The van der Waals surface area contributed by atoms with Gasteiger partial charge in [-0.2, -0.15) is 11.3 Å². The average molecular weight is 331 g/mol. The number of hydrogen-bond donors (Lipinski definition) is 2. The van der Waals surface area contributed by atoms with Crippen LogP contribution >= 0.6 is 11.3 Å². The van der Waals surface area contributed by atoms with Crippen LogP contribution in [0.5, 0.6) is 0 Å². The molecular formula is C16H21N5OS. The van der Waals surface area contributed by atoms with Gasteiger partial charge in [0, 0.05) is 38.1 Å². The Hall–Kier alpha value is -2.15. The van der Waals surface area contributed by atoms with E-state index in [1.807, 2.05) is 6.07 Å². The third kappa shape index (κ3) is 4.66. The van der Waals surface area contributed by atoms with Crippen LogP contribution in [-0.2, 0) is 6.42 Å². The lowest BCUT2D eigenvalue weighted by Gasteiger charge is -2.32. The number of rotatable bonds is 5. The maximum Gasteiger partial charge on any atom is 0.315 e. The maximum atomic E-state index is 11.9. The Morgan fingerprint density at radius 2 is 2.09 bits per heavy atom. The minimum Gasteiger partial charge on any atom is -0.341 e. The highest BCUT2D eigenvalue weighted by Crippen LogP contribution is 2.15. The van der Waals surface area contributed by atoms with Gasteiger partial charge in [-0.1, -0.05) is 0 Å². The summed E-state index contributed by atoms with van der Waals surface area (Å²) >= 11 is 1.68. The van der Waals surface area contributed by atoms with Crippen molar-refractivity contribution in [3.63, 3.8) is 0 Å². The van der Waals surface area contributed by atoms with Gasteiger partial charge >= 0.3 is 6.03 Å². The number of anilines is 1. The molecule has 0 aromatic carbocycles. The molecule has 7 heteroatoms. The topological polar surface area (TPSA) is 70.2 Å². The van der Waals surface area contributed by atoms with Gasteiger partial charge < -0.3 is 15.5 Å². The van der Waals surface area contributed by atoms with Crippen LogP contribution in [0.1, 0.15) is 18.4 Å². The maximum absolute atomic E-state index is 11.9. The summed E-state index contributed by atoms with van der Waals surface area (Å²) in [5, 5.41) is 10.2. The van der Waals surface area contributed by atoms with Gasteiger partial charge in [0.05, 0.1) is 0 Å². The van der Waals surface area contributed by atoms with Crippen molar-refractivity contribution in [3.8, 4) is 0 Å². The largest absolute Gasteiger partial charge is 0.341 e. The Morgan fingerprint density at radius 1 is 1.30 bits per heavy atom. The van der Waals surface area contributed by atoms with Gasteiger partial charge in [-0.05, 0) is 47.7 Å². The highest BCUT2D eigenvalue weighted by molar-refractivity contribution is 7.07. The lowest BCUT2D eigenvalue weighted by Crippen LogP contribution is -2.48. The van der Waals surface area contributed by atoms with Gasteiger partial charge in [0.25, 0.3) is 0 Å². The number of carbonyl (C=O) groups is 1. The van der Waals surface area contributed by atoms with Crippen LogP contribution in [0.3, 0.4) is 0 Å². The molecule has 0 unspecified atom stereocenters. The second-order valence-electron chi connectivity index (χ2n) is 5.59. The van der Waals surface area contributed by atoms with Crippen LogP contribution in [0.2, 0.25) is 0 Å². The second kappa shape index (κ2) is 7.92. The smallest absolute Gasteiger partial charge is 0.315 e. The summed E-state index contributed by atoms with van der Waals surface area (Å²) in [5.74, 6) is 0.770. The van der Waals surface area contributed by atoms with E-state index in [0.717, 1.165) is 38.3 Å². The first-order valence-electron chi connectivity index (χ1n) is 7.88. The predicted molar refractivity (Wildman–Crippen MR) is 91.8 cm³/mol. The third-order valence-corrected chi connectivity index (χ3v) is 4.68. The number of aromatic nitrogens is 2. The van der Waals surface area contributed by atoms with Gasteiger partial charge in [0.1, 0.15) is 0 Å². The monoisotopic (exact) mass is 331 g/mol. The lowest BCUT2D eigenvalue weighted by atomic mass is 10.1. The number of urea groups is 1. The van der Waals surface area contributed by atoms with Crippen LogP contribution in [0.15, 0.2) is 35.3 Å². The summed E-state index contributed by atoms with van der Waals surface area (Å²) < 4.78 is 0. The van der Waals surface area contributed by atoms with Crippen LogP contribution in [-0.4, -0.2) is 41.7 Å². The van der Waals surface area contributed by atoms with E-state index in [1.54, 1.807) is 23.7 Å². The molecule has 1 aliphatic rings. The van der Waals surface area contributed by atoms with Crippen LogP contribution in [0.4, 0.5) is 10.7 Å². The molecule has 2 amide bonds. The molecule has 23 heavy (non-hydrogen) atoms. The average Bonchev–Trinajstić information content (AvgIpc) is 3.10. The van der Waals surface area contributed by atoms with Crippen LogP contribution in [0.25, 0.3) is 0 Å². The molecule has 0 bridgehead atoms. The Bertz CT molecular complexity index is 596. The summed E-state index contributed by atoms with van der Waals surface area (Å²) in [6.07, 6.45) is 6.22. The van der Waals surface area contributed by atoms with E-state index in [0.29, 0.717) is 6.54 Å². The van der Waals surface area contributed by atoms with Gasteiger partial charge in [0.2, 0.25) is 5.95 Å². The van der Waals surface area contributed by atoms with Gasteiger partial charge in [0.15, 0.2) is 0 Å². The zero-order valence-electron chi connectivity index (χ0n) is 12.9. The Labute approximate surface area is 140 Å². The van der Waals surface area contributed by atoms with Gasteiger partial charge in [-0.3, -0.25) is 0 Å². The third-order valence-electron chi connectivity index (χ3n) is 3.94. The van der Waals surface area contributed by atoms with Crippen molar-refractivity contribution in [1.29, 1.82) is 0 Å². The van der Waals surface area contributed by atoms with E-state index in [2.05, 4.69) is 42.3 Å². The zero-order valence-corrected chi connectivity index (χ0v) is 13.8. The van der Waals surface area contributed by atoms with Crippen molar-refractivity contribution in [2.24, 2.45) is 0 Å². The van der Waals surface area contributed by atoms with Crippen molar-refractivity contribution in [2.75, 3.05) is 24.5 Å². The van der Waals surface area contributed by atoms with E-state index < -0.39 is 0 Å². The predicted octanol–water partition coefficient (Wildman–Crippen LogP) is 2.05. The lowest BCUT2D eigenvalue weighted by molar-refractivity contribution is 0.234.